The van der Waals surface area contributed by atoms with E-state index in [4.69, 9.17) is 0 Å². The van der Waals surface area contributed by atoms with E-state index in [1.165, 1.54) is 11.3 Å². The molecule has 2 N–H and O–H groups in total. The van der Waals surface area contributed by atoms with Crippen LogP contribution in [0.25, 0.3) is 10.1 Å². The van der Waals surface area contributed by atoms with E-state index in [9.17, 15) is 9.59 Å². The van der Waals surface area contributed by atoms with Gasteiger partial charge in [-0.25, -0.2) is 0 Å². The van der Waals surface area contributed by atoms with Crippen molar-refractivity contribution in [1.29, 1.82) is 0 Å². The molecule has 0 bridgehead atoms. The molecule has 0 aliphatic carbocycles. The molecule has 0 spiro atoms. The van der Waals surface area contributed by atoms with Crippen LogP contribution < -0.4 is 10.6 Å². The fourth-order valence-corrected chi connectivity index (χ4v) is 3.22. The van der Waals surface area contributed by atoms with Gasteiger partial charge in [-0.15, -0.1) is 11.3 Å². The molecule has 3 aromatic rings. The predicted octanol–water partition coefficient (Wildman–Crippen LogP) is 3.44. The SMILES string of the molecule is CNC(=O)Cc1ccc(NC(=O)c2cc3ccccc3s2)cc1. The standard InChI is InChI=1S/C18H16N2O2S/c1-19-17(21)10-12-6-8-14(9-7-12)20-18(22)16-11-13-4-2-3-5-15(13)23-16/h2-9,11H,10H2,1H3,(H,19,21)(H,20,22). The molecule has 0 fully saturated rings. The first-order valence-electron chi connectivity index (χ1n) is 7.25. The van der Waals surface area contributed by atoms with Gasteiger partial charge in [0.25, 0.3) is 5.91 Å². The van der Waals surface area contributed by atoms with Crippen molar-refractivity contribution in [2.24, 2.45) is 0 Å². The zero-order valence-electron chi connectivity index (χ0n) is 12.6. The highest BCUT2D eigenvalue weighted by Gasteiger charge is 2.10. The lowest BCUT2D eigenvalue weighted by Crippen LogP contribution is -2.19. The zero-order valence-corrected chi connectivity index (χ0v) is 13.4. The topological polar surface area (TPSA) is 58.2 Å². The smallest absolute Gasteiger partial charge is 0.265 e. The number of likely N-dealkylation sites (N-methyl/N-ethyl adjacent to an activating group) is 1. The van der Waals surface area contributed by atoms with Gasteiger partial charge in [-0.05, 0) is 35.2 Å². The number of fused-ring (bicyclic) bond motifs is 1. The van der Waals surface area contributed by atoms with Gasteiger partial charge < -0.3 is 10.6 Å². The van der Waals surface area contributed by atoms with Crippen molar-refractivity contribution in [2.75, 3.05) is 12.4 Å². The second kappa shape index (κ2) is 6.62. The summed E-state index contributed by atoms with van der Waals surface area (Å²) in [5.41, 5.74) is 1.62. The number of amides is 2. The average Bonchev–Trinajstić information content (AvgIpc) is 3.00. The first-order valence-corrected chi connectivity index (χ1v) is 8.07. The lowest BCUT2D eigenvalue weighted by atomic mass is 10.1. The highest BCUT2D eigenvalue weighted by Crippen LogP contribution is 2.26. The molecule has 0 saturated heterocycles. The first-order chi connectivity index (χ1) is 11.2. The van der Waals surface area contributed by atoms with E-state index in [0.29, 0.717) is 17.0 Å². The van der Waals surface area contributed by atoms with E-state index < -0.39 is 0 Å². The van der Waals surface area contributed by atoms with E-state index in [2.05, 4.69) is 10.6 Å². The maximum Gasteiger partial charge on any atom is 0.265 e. The molecule has 1 aromatic heterocycles. The minimum Gasteiger partial charge on any atom is -0.359 e. The van der Waals surface area contributed by atoms with Gasteiger partial charge in [0, 0.05) is 17.4 Å². The normalized spacial score (nSPS) is 10.5. The molecular formula is C18H16N2O2S. The number of carbonyl (C=O) groups excluding carboxylic acids is 2. The Balaban J connectivity index is 1.71. The zero-order chi connectivity index (χ0) is 16.2. The molecule has 2 aromatic carbocycles. The number of thiophene rings is 1. The molecule has 5 heteroatoms. The summed E-state index contributed by atoms with van der Waals surface area (Å²) in [5.74, 6) is -0.155. The Morgan fingerprint density at radius 2 is 1.78 bits per heavy atom. The van der Waals surface area contributed by atoms with Crippen LogP contribution in [0, 0.1) is 0 Å². The second-order valence-electron chi connectivity index (χ2n) is 5.15. The van der Waals surface area contributed by atoms with Gasteiger partial charge in [0.15, 0.2) is 0 Å². The number of hydrogen-bond acceptors (Lipinski definition) is 3. The Kier molecular flexibility index (Phi) is 4.39. The molecule has 23 heavy (non-hydrogen) atoms. The van der Waals surface area contributed by atoms with E-state index in [1.54, 1.807) is 7.05 Å². The largest absolute Gasteiger partial charge is 0.359 e. The summed E-state index contributed by atoms with van der Waals surface area (Å²) in [7, 11) is 1.61. The average molecular weight is 324 g/mol. The fraction of sp³-hybridized carbons (Fsp3) is 0.111. The van der Waals surface area contributed by atoms with Crippen LogP contribution in [0.3, 0.4) is 0 Å². The van der Waals surface area contributed by atoms with Gasteiger partial charge in [-0.2, -0.15) is 0 Å². The predicted molar refractivity (Wildman–Crippen MR) is 94.0 cm³/mol. The molecule has 2 amide bonds. The van der Waals surface area contributed by atoms with Crippen LogP contribution in [0.4, 0.5) is 5.69 Å². The van der Waals surface area contributed by atoms with Crippen LogP contribution in [-0.4, -0.2) is 18.9 Å². The van der Waals surface area contributed by atoms with Crippen molar-refractivity contribution < 1.29 is 9.59 Å². The van der Waals surface area contributed by atoms with Crippen LogP contribution in [0.15, 0.2) is 54.6 Å². The van der Waals surface area contributed by atoms with Gasteiger partial charge in [0.2, 0.25) is 5.91 Å². The van der Waals surface area contributed by atoms with Crippen molar-refractivity contribution in [3.05, 3.63) is 65.0 Å². The molecule has 3 rings (SSSR count). The van der Waals surface area contributed by atoms with Crippen LogP contribution in [0.2, 0.25) is 0 Å². The molecular weight excluding hydrogens is 308 g/mol. The Morgan fingerprint density at radius 1 is 1.04 bits per heavy atom. The van der Waals surface area contributed by atoms with Crippen molar-refractivity contribution in [3.8, 4) is 0 Å². The Labute approximate surface area is 138 Å². The van der Waals surface area contributed by atoms with E-state index in [-0.39, 0.29) is 11.8 Å². The third-order valence-corrected chi connectivity index (χ3v) is 4.62. The number of carbonyl (C=O) groups is 2. The fourth-order valence-electron chi connectivity index (χ4n) is 2.27. The van der Waals surface area contributed by atoms with E-state index in [1.807, 2.05) is 54.6 Å². The summed E-state index contributed by atoms with van der Waals surface area (Å²) in [4.78, 5) is 24.3. The molecule has 0 unspecified atom stereocenters. The van der Waals surface area contributed by atoms with Gasteiger partial charge >= 0.3 is 0 Å². The van der Waals surface area contributed by atoms with Gasteiger partial charge in [-0.1, -0.05) is 30.3 Å². The quantitative estimate of drug-likeness (QED) is 0.772. The Morgan fingerprint density at radius 3 is 2.48 bits per heavy atom. The highest BCUT2D eigenvalue weighted by atomic mass is 32.1. The monoisotopic (exact) mass is 324 g/mol. The van der Waals surface area contributed by atoms with Gasteiger partial charge in [0.05, 0.1) is 11.3 Å². The molecule has 0 atom stereocenters. The van der Waals surface area contributed by atoms with Crippen molar-refractivity contribution in [2.45, 2.75) is 6.42 Å². The van der Waals surface area contributed by atoms with Gasteiger partial charge in [-0.3, -0.25) is 9.59 Å². The lowest BCUT2D eigenvalue weighted by molar-refractivity contribution is -0.119. The van der Waals surface area contributed by atoms with Gasteiger partial charge in [0.1, 0.15) is 0 Å². The Hall–Kier alpha value is -2.66. The van der Waals surface area contributed by atoms with Crippen molar-refractivity contribution in [1.82, 2.24) is 5.32 Å². The number of hydrogen-bond donors (Lipinski definition) is 2. The molecule has 1 heterocycles. The number of benzene rings is 2. The van der Waals surface area contributed by atoms with Crippen molar-refractivity contribution in [3.63, 3.8) is 0 Å². The summed E-state index contributed by atoms with van der Waals surface area (Å²) >= 11 is 1.47. The van der Waals surface area contributed by atoms with Crippen LogP contribution in [-0.2, 0) is 11.2 Å². The molecule has 0 aliphatic heterocycles. The molecule has 116 valence electrons. The number of anilines is 1. The minimum absolute atomic E-state index is 0.0351. The number of rotatable bonds is 4. The summed E-state index contributed by atoms with van der Waals surface area (Å²) in [5, 5.41) is 6.54. The highest BCUT2D eigenvalue weighted by molar-refractivity contribution is 7.20. The van der Waals surface area contributed by atoms with Crippen molar-refractivity contribution >= 4 is 38.9 Å². The minimum atomic E-state index is -0.120. The summed E-state index contributed by atoms with van der Waals surface area (Å²) in [6, 6.07) is 17.1. The molecule has 0 radical (unpaired) electrons. The molecule has 4 nitrogen and oxygen atoms in total. The van der Waals surface area contributed by atoms with Crippen LogP contribution in [0.1, 0.15) is 15.2 Å². The molecule has 0 aliphatic rings. The van der Waals surface area contributed by atoms with Crippen LogP contribution >= 0.6 is 11.3 Å². The lowest BCUT2D eigenvalue weighted by Gasteiger charge is -2.05. The van der Waals surface area contributed by atoms with E-state index in [0.717, 1.165) is 15.6 Å². The first kappa shape index (κ1) is 15.2. The van der Waals surface area contributed by atoms with E-state index >= 15 is 0 Å². The second-order valence-corrected chi connectivity index (χ2v) is 6.23. The maximum atomic E-state index is 12.3. The summed E-state index contributed by atoms with van der Waals surface area (Å²) in [6.07, 6.45) is 0.334. The summed E-state index contributed by atoms with van der Waals surface area (Å²) < 4.78 is 1.10. The maximum absolute atomic E-state index is 12.3. The Bertz CT molecular complexity index is 820. The third-order valence-electron chi connectivity index (χ3n) is 3.50. The number of nitrogens with one attached hydrogen (secondary N) is 2. The molecule has 0 saturated carbocycles. The summed E-state index contributed by atoms with van der Waals surface area (Å²) in [6.45, 7) is 0. The third kappa shape index (κ3) is 3.57. The van der Waals surface area contributed by atoms with Crippen LogP contribution in [0.5, 0.6) is 0 Å².